The third-order valence-electron chi connectivity index (χ3n) is 2.91. The summed E-state index contributed by atoms with van der Waals surface area (Å²) in [6.45, 7) is 8.78. The third-order valence-corrected chi connectivity index (χ3v) is 2.91. The van der Waals surface area contributed by atoms with E-state index in [1.807, 2.05) is 24.0 Å². The summed E-state index contributed by atoms with van der Waals surface area (Å²) in [4.78, 5) is 15.0. The van der Waals surface area contributed by atoms with Crippen molar-refractivity contribution < 1.29 is 9.15 Å². The lowest BCUT2D eigenvalue weighted by atomic mass is 10.5. The summed E-state index contributed by atoms with van der Waals surface area (Å²) in [5, 5.41) is 3.09. The first-order chi connectivity index (χ1) is 10.3. The zero-order valence-electron chi connectivity index (χ0n) is 12.7. The Kier molecular flexibility index (Phi) is 5.36. The van der Waals surface area contributed by atoms with Crippen LogP contribution in [0.25, 0.3) is 0 Å². The molecule has 0 atom stereocenters. The minimum Gasteiger partial charge on any atom is -0.466 e. The molecule has 21 heavy (non-hydrogen) atoms. The van der Waals surface area contributed by atoms with Gasteiger partial charge in [-0.1, -0.05) is 0 Å². The van der Waals surface area contributed by atoms with E-state index in [4.69, 9.17) is 9.15 Å². The van der Waals surface area contributed by atoms with Crippen LogP contribution in [0.15, 0.2) is 22.8 Å². The van der Waals surface area contributed by atoms with E-state index in [0.717, 1.165) is 25.4 Å². The molecule has 0 saturated carbocycles. The first-order valence-corrected chi connectivity index (χ1v) is 7.16. The van der Waals surface area contributed by atoms with Crippen LogP contribution in [0.1, 0.15) is 26.5 Å². The van der Waals surface area contributed by atoms with Crippen LogP contribution in [0.4, 0.5) is 11.9 Å². The molecule has 2 aromatic heterocycles. The van der Waals surface area contributed by atoms with Crippen molar-refractivity contribution in [3.05, 3.63) is 24.2 Å². The van der Waals surface area contributed by atoms with Crippen LogP contribution < -0.4 is 15.0 Å². The Labute approximate surface area is 124 Å². The van der Waals surface area contributed by atoms with Gasteiger partial charge in [-0.05, 0) is 32.9 Å². The summed E-state index contributed by atoms with van der Waals surface area (Å²) in [5.74, 6) is 1.86. The van der Waals surface area contributed by atoms with Crippen molar-refractivity contribution in [1.82, 2.24) is 15.0 Å². The summed E-state index contributed by atoms with van der Waals surface area (Å²) >= 11 is 0. The molecule has 0 spiro atoms. The van der Waals surface area contributed by atoms with Crippen molar-refractivity contribution in [1.29, 1.82) is 0 Å². The van der Waals surface area contributed by atoms with Crippen molar-refractivity contribution in [2.75, 3.05) is 29.9 Å². The highest BCUT2D eigenvalue weighted by atomic mass is 16.5. The van der Waals surface area contributed by atoms with Crippen LogP contribution >= 0.6 is 0 Å². The molecule has 0 radical (unpaired) electrons. The van der Waals surface area contributed by atoms with Gasteiger partial charge in [-0.2, -0.15) is 15.0 Å². The van der Waals surface area contributed by atoms with E-state index in [1.54, 1.807) is 6.26 Å². The van der Waals surface area contributed by atoms with Crippen LogP contribution in [0, 0.1) is 0 Å². The zero-order chi connectivity index (χ0) is 15.1. The SMILES string of the molecule is CCNc1nc(OCc2ccco2)nc(N(CC)CC)n1. The fraction of sp³-hybridized carbons (Fsp3) is 0.500. The van der Waals surface area contributed by atoms with Gasteiger partial charge < -0.3 is 19.4 Å². The Balaban J connectivity index is 2.18. The van der Waals surface area contributed by atoms with Crippen LogP contribution in [0.5, 0.6) is 6.01 Å². The van der Waals surface area contributed by atoms with Gasteiger partial charge in [0.2, 0.25) is 11.9 Å². The molecular weight excluding hydrogens is 270 g/mol. The number of hydrogen-bond acceptors (Lipinski definition) is 7. The van der Waals surface area contributed by atoms with Crippen LogP contribution in [0.2, 0.25) is 0 Å². The molecule has 1 N–H and O–H groups in total. The summed E-state index contributed by atoms with van der Waals surface area (Å²) < 4.78 is 10.8. The zero-order valence-corrected chi connectivity index (χ0v) is 12.7. The first-order valence-electron chi connectivity index (χ1n) is 7.16. The lowest BCUT2D eigenvalue weighted by molar-refractivity contribution is 0.250. The number of ether oxygens (including phenoxy) is 1. The lowest BCUT2D eigenvalue weighted by Crippen LogP contribution is -2.25. The van der Waals surface area contributed by atoms with E-state index in [9.17, 15) is 0 Å². The summed E-state index contributed by atoms with van der Waals surface area (Å²) in [5.41, 5.74) is 0. The van der Waals surface area contributed by atoms with E-state index in [1.165, 1.54) is 0 Å². The topological polar surface area (TPSA) is 76.3 Å². The molecule has 0 aromatic carbocycles. The summed E-state index contributed by atoms with van der Waals surface area (Å²) in [6.07, 6.45) is 1.61. The van der Waals surface area contributed by atoms with Gasteiger partial charge in [-0.15, -0.1) is 0 Å². The molecule has 0 unspecified atom stereocenters. The Morgan fingerprint density at radius 2 is 2.00 bits per heavy atom. The van der Waals surface area contributed by atoms with E-state index in [0.29, 0.717) is 24.5 Å². The van der Waals surface area contributed by atoms with Crippen molar-refractivity contribution >= 4 is 11.9 Å². The van der Waals surface area contributed by atoms with Crippen molar-refractivity contribution in [3.8, 4) is 6.01 Å². The van der Waals surface area contributed by atoms with Crippen LogP contribution in [-0.4, -0.2) is 34.6 Å². The average molecular weight is 291 g/mol. The third kappa shape index (κ3) is 4.08. The highest BCUT2D eigenvalue weighted by Gasteiger charge is 2.12. The van der Waals surface area contributed by atoms with E-state index in [2.05, 4.69) is 34.1 Å². The lowest BCUT2D eigenvalue weighted by Gasteiger charge is -2.19. The number of aromatic nitrogens is 3. The normalized spacial score (nSPS) is 10.4. The van der Waals surface area contributed by atoms with E-state index in [-0.39, 0.29) is 0 Å². The quantitative estimate of drug-likeness (QED) is 0.799. The van der Waals surface area contributed by atoms with E-state index >= 15 is 0 Å². The van der Waals surface area contributed by atoms with Crippen molar-refractivity contribution in [2.24, 2.45) is 0 Å². The molecule has 2 aromatic rings. The maximum absolute atomic E-state index is 5.59. The van der Waals surface area contributed by atoms with Gasteiger partial charge >= 0.3 is 6.01 Å². The van der Waals surface area contributed by atoms with Gasteiger partial charge in [0, 0.05) is 19.6 Å². The molecule has 7 nitrogen and oxygen atoms in total. The molecule has 0 bridgehead atoms. The molecule has 2 heterocycles. The maximum atomic E-state index is 5.59. The smallest absolute Gasteiger partial charge is 0.323 e. The average Bonchev–Trinajstić information content (AvgIpc) is 3.00. The van der Waals surface area contributed by atoms with Gasteiger partial charge in [0.05, 0.1) is 6.26 Å². The van der Waals surface area contributed by atoms with Crippen LogP contribution in [0.3, 0.4) is 0 Å². The number of hydrogen-bond donors (Lipinski definition) is 1. The standard InChI is InChI=1S/C14H21N5O2/c1-4-15-12-16-13(19(5-2)6-3)18-14(17-12)21-10-11-8-7-9-20-11/h7-9H,4-6,10H2,1-3H3,(H,15,16,17,18). The van der Waals surface area contributed by atoms with Gasteiger partial charge in [0.25, 0.3) is 0 Å². The second-order valence-electron chi connectivity index (χ2n) is 4.31. The number of rotatable bonds is 8. The highest BCUT2D eigenvalue weighted by molar-refractivity contribution is 5.38. The Bertz CT molecular complexity index is 540. The number of nitrogens with zero attached hydrogens (tertiary/aromatic N) is 4. The Morgan fingerprint density at radius 1 is 1.19 bits per heavy atom. The summed E-state index contributed by atoms with van der Waals surface area (Å²) in [7, 11) is 0. The largest absolute Gasteiger partial charge is 0.466 e. The number of anilines is 2. The predicted molar refractivity (Wildman–Crippen MR) is 80.6 cm³/mol. The first kappa shape index (κ1) is 15.1. The molecule has 0 amide bonds. The van der Waals surface area contributed by atoms with Crippen LogP contribution in [-0.2, 0) is 6.61 Å². The monoisotopic (exact) mass is 291 g/mol. The Hall–Kier alpha value is -2.31. The van der Waals surface area contributed by atoms with Gasteiger partial charge in [0.15, 0.2) is 0 Å². The maximum Gasteiger partial charge on any atom is 0.323 e. The molecule has 0 fully saturated rings. The van der Waals surface area contributed by atoms with Gasteiger partial charge in [-0.25, -0.2) is 0 Å². The second kappa shape index (κ2) is 7.47. The fourth-order valence-electron chi connectivity index (χ4n) is 1.83. The Morgan fingerprint density at radius 3 is 2.62 bits per heavy atom. The number of nitrogens with one attached hydrogen (secondary N) is 1. The molecule has 2 rings (SSSR count). The van der Waals surface area contributed by atoms with Crippen molar-refractivity contribution in [2.45, 2.75) is 27.4 Å². The molecule has 0 saturated heterocycles. The highest BCUT2D eigenvalue weighted by Crippen LogP contribution is 2.16. The second-order valence-corrected chi connectivity index (χ2v) is 4.31. The molecule has 0 aliphatic heterocycles. The fourth-order valence-corrected chi connectivity index (χ4v) is 1.83. The van der Waals surface area contributed by atoms with E-state index < -0.39 is 0 Å². The van der Waals surface area contributed by atoms with Gasteiger partial charge in [-0.3, -0.25) is 0 Å². The molecule has 114 valence electrons. The minimum absolute atomic E-state index is 0.291. The van der Waals surface area contributed by atoms with Gasteiger partial charge in [0.1, 0.15) is 12.4 Å². The molecule has 7 heteroatoms. The molecule has 0 aliphatic rings. The minimum atomic E-state index is 0.291. The van der Waals surface area contributed by atoms with Crippen molar-refractivity contribution in [3.63, 3.8) is 0 Å². The molecular formula is C14H21N5O2. The predicted octanol–water partition coefficient (Wildman–Crippen LogP) is 2.32. The summed E-state index contributed by atoms with van der Waals surface area (Å²) in [6, 6.07) is 3.95. The number of furan rings is 1. The molecule has 0 aliphatic carbocycles.